The fourth-order valence-corrected chi connectivity index (χ4v) is 5.49. The first-order valence-electron chi connectivity index (χ1n) is 12.5. The van der Waals surface area contributed by atoms with Gasteiger partial charge in [-0.2, -0.15) is 0 Å². The molecule has 2 fully saturated rings. The van der Waals surface area contributed by atoms with Crippen LogP contribution in [-0.4, -0.2) is 85.7 Å². The molecule has 0 unspecified atom stereocenters. The van der Waals surface area contributed by atoms with Crippen molar-refractivity contribution in [3.05, 3.63) is 36.0 Å². The second-order valence-corrected chi connectivity index (χ2v) is 9.93. The van der Waals surface area contributed by atoms with Crippen molar-refractivity contribution >= 4 is 11.5 Å². The Kier molecular flexibility index (Phi) is 6.60. The lowest BCUT2D eigenvalue weighted by Crippen LogP contribution is -2.45. The van der Waals surface area contributed by atoms with Gasteiger partial charge in [0.2, 0.25) is 0 Å². The SMILES string of the molecule is CN(C)[C@H]1CCCN(c2ccc(-c3ncc4c(n3)N(CCCN3CCCC3)CC4)cc2)C1. The molecular formula is C26H38N6. The molecule has 6 nitrogen and oxygen atoms in total. The fourth-order valence-electron chi connectivity index (χ4n) is 5.49. The van der Waals surface area contributed by atoms with Crippen LogP contribution in [0.3, 0.4) is 0 Å². The minimum absolute atomic E-state index is 0.639. The monoisotopic (exact) mass is 434 g/mol. The van der Waals surface area contributed by atoms with E-state index in [0.717, 1.165) is 49.8 Å². The summed E-state index contributed by atoms with van der Waals surface area (Å²) >= 11 is 0. The standard InChI is InChI=1S/C26H38N6/c1-29(2)24-7-5-16-32(20-24)23-10-8-21(9-11-23)25-27-19-22-12-18-31(26(22)28-25)17-6-15-30-13-3-4-14-30/h8-11,19,24H,3-7,12-18,20H2,1-2H3/t24-/m0/s1. The molecule has 5 rings (SSSR count). The van der Waals surface area contributed by atoms with Crippen LogP contribution in [0.15, 0.2) is 30.5 Å². The first kappa shape index (κ1) is 21.7. The third kappa shape index (κ3) is 4.76. The maximum Gasteiger partial charge on any atom is 0.161 e. The molecule has 6 heteroatoms. The lowest BCUT2D eigenvalue weighted by molar-refractivity contribution is 0.258. The van der Waals surface area contributed by atoms with Gasteiger partial charge in [0.15, 0.2) is 5.82 Å². The molecule has 0 spiro atoms. The third-order valence-electron chi connectivity index (χ3n) is 7.51. The zero-order valence-electron chi connectivity index (χ0n) is 19.8. The average molecular weight is 435 g/mol. The highest BCUT2D eigenvalue weighted by molar-refractivity contribution is 5.64. The predicted molar refractivity (Wildman–Crippen MR) is 133 cm³/mol. The van der Waals surface area contributed by atoms with E-state index in [1.807, 2.05) is 0 Å². The Labute approximate surface area is 193 Å². The number of nitrogens with zero attached hydrogens (tertiary/aromatic N) is 6. The Morgan fingerprint density at radius 2 is 1.78 bits per heavy atom. The van der Waals surface area contributed by atoms with Crippen molar-refractivity contribution in [2.24, 2.45) is 0 Å². The average Bonchev–Trinajstić information content (AvgIpc) is 3.49. The van der Waals surface area contributed by atoms with Crippen LogP contribution in [0.5, 0.6) is 0 Å². The largest absolute Gasteiger partial charge is 0.370 e. The number of anilines is 2. The van der Waals surface area contributed by atoms with Crippen LogP contribution in [0.2, 0.25) is 0 Å². The number of fused-ring (bicyclic) bond motifs is 1. The van der Waals surface area contributed by atoms with Crippen LogP contribution >= 0.6 is 0 Å². The van der Waals surface area contributed by atoms with E-state index < -0.39 is 0 Å². The molecule has 172 valence electrons. The van der Waals surface area contributed by atoms with Crippen LogP contribution in [0, 0.1) is 0 Å². The number of hydrogen-bond donors (Lipinski definition) is 0. The first-order chi connectivity index (χ1) is 15.7. The van der Waals surface area contributed by atoms with Crippen molar-refractivity contribution in [2.45, 2.75) is 44.6 Å². The van der Waals surface area contributed by atoms with Gasteiger partial charge in [-0.05, 0) is 96.5 Å². The van der Waals surface area contributed by atoms with Crippen LogP contribution < -0.4 is 9.80 Å². The molecule has 0 bridgehead atoms. The molecule has 1 aromatic heterocycles. The number of benzene rings is 1. The van der Waals surface area contributed by atoms with Gasteiger partial charge in [-0.25, -0.2) is 9.97 Å². The van der Waals surface area contributed by atoms with E-state index in [0.29, 0.717) is 6.04 Å². The van der Waals surface area contributed by atoms with Crippen LogP contribution in [0.1, 0.15) is 37.7 Å². The van der Waals surface area contributed by atoms with E-state index in [4.69, 9.17) is 9.97 Å². The molecule has 0 N–H and O–H groups in total. The quantitative estimate of drug-likeness (QED) is 0.664. The summed E-state index contributed by atoms with van der Waals surface area (Å²) in [6, 6.07) is 9.53. The molecule has 2 saturated heterocycles. The van der Waals surface area contributed by atoms with Crippen molar-refractivity contribution < 1.29 is 0 Å². The highest BCUT2D eigenvalue weighted by Crippen LogP contribution is 2.29. The number of likely N-dealkylation sites (N-methyl/N-ethyl adjacent to an activating group) is 1. The Morgan fingerprint density at radius 3 is 2.56 bits per heavy atom. The van der Waals surface area contributed by atoms with Gasteiger partial charge in [0.25, 0.3) is 0 Å². The number of aromatic nitrogens is 2. The molecule has 1 aromatic carbocycles. The summed E-state index contributed by atoms with van der Waals surface area (Å²) in [6.07, 6.45) is 9.63. The normalized spacial score (nSPS) is 21.5. The van der Waals surface area contributed by atoms with Gasteiger partial charge >= 0.3 is 0 Å². The van der Waals surface area contributed by atoms with Crippen LogP contribution in [-0.2, 0) is 6.42 Å². The van der Waals surface area contributed by atoms with E-state index in [1.165, 1.54) is 63.0 Å². The summed E-state index contributed by atoms with van der Waals surface area (Å²) in [5, 5.41) is 0. The van der Waals surface area contributed by atoms with E-state index >= 15 is 0 Å². The molecule has 0 saturated carbocycles. The molecule has 0 amide bonds. The molecule has 4 heterocycles. The van der Waals surface area contributed by atoms with Gasteiger partial charge in [-0.1, -0.05) is 0 Å². The Morgan fingerprint density at radius 1 is 0.969 bits per heavy atom. The van der Waals surface area contributed by atoms with Gasteiger partial charge in [0, 0.05) is 55.2 Å². The van der Waals surface area contributed by atoms with E-state index in [9.17, 15) is 0 Å². The number of piperidine rings is 1. The molecule has 3 aliphatic heterocycles. The van der Waals surface area contributed by atoms with Gasteiger partial charge in [-0.15, -0.1) is 0 Å². The zero-order valence-corrected chi connectivity index (χ0v) is 19.8. The smallest absolute Gasteiger partial charge is 0.161 e. The summed E-state index contributed by atoms with van der Waals surface area (Å²) < 4.78 is 0. The van der Waals surface area contributed by atoms with Crippen LogP contribution in [0.25, 0.3) is 11.4 Å². The molecule has 0 radical (unpaired) electrons. The predicted octanol–water partition coefficient (Wildman–Crippen LogP) is 3.52. The van der Waals surface area contributed by atoms with Crippen molar-refractivity contribution in [3.63, 3.8) is 0 Å². The molecule has 1 atom stereocenters. The number of likely N-dealkylation sites (tertiary alicyclic amines) is 1. The second-order valence-electron chi connectivity index (χ2n) is 9.93. The van der Waals surface area contributed by atoms with E-state index in [1.54, 1.807) is 0 Å². The van der Waals surface area contributed by atoms with E-state index in [2.05, 4.69) is 64.2 Å². The molecule has 0 aliphatic carbocycles. The van der Waals surface area contributed by atoms with Gasteiger partial charge in [-0.3, -0.25) is 0 Å². The second kappa shape index (κ2) is 9.75. The van der Waals surface area contributed by atoms with Gasteiger partial charge in [0.1, 0.15) is 5.82 Å². The minimum atomic E-state index is 0.639. The summed E-state index contributed by atoms with van der Waals surface area (Å²) in [6.45, 7) is 8.21. The van der Waals surface area contributed by atoms with E-state index in [-0.39, 0.29) is 0 Å². The maximum absolute atomic E-state index is 5.01. The Hall–Kier alpha value is -2.18. The Balaban J connectivity index is 1.24. The van der Waals surface area contributed by atoms with Crippen molar-refractivity contribution in [1.82, 2.24) is 19.8 Å². The molecule has 3 aliphatic rings. The first-order valence-corrected chi connectivity index (χ1v) is 12.5. The molecule has 32 heavy (non-hydrogen) atoms. The zero-order chi connectivity index (χ0) is 21.9. The molecule has 2 aromatic rings. The topological polar surface area (TPSA) is 38.7 Å². The lowest BCUT2D eigenvalue weighted by Gasteiger charge is -2.37. The summed E-state index contributed by atoms with van der Waals surface area (Å²) in [5.74, 6) is 2.01. The highest BCUT2D eigenvalue weighted by atomic mass is 15.2. The van der Waals surface area contributed by atoms with Gasteiger partial charge < -0.3 is 19.6 Å². The fraction of sp³-hybridized carbons (Fsp3) is 0.615. The molecular weight excluding hydrogens is 396 g/mol. The third-order valence-corrected chi connectivity index (χ3v) is 7.51. The number of rotatable bonds is 7. The lowest BCUT2D eigenvalue weighted by atomic mass is 10.0. The highest BCUT2D eigenvalue weighted by Gasteiger charge is 2.23. The minimum Gasteiger partial charge on any atom is -0.370 e. The van der Waals surface area contributed by atoms with Crippen molar-refractivity contribution in [3.8, 4) is 11.4 Å². The Bertz CT molecular complexity index is 890. The van der Waals surface area contributed by atoms with Crippen molar-refractivity contribution in [2.75, 3.05) is 69.7 Å². The maximum atomic E-state index is 5.01. The van der Waals surface area contributed by atoms with Crippen molar-refractivity contribution in [1.29, 1.82) is 0 Å². The van der Waals surface area contributed by atoms with Crippen LogP contribution in [0.4, 0.5) is 11.5 Å². The van der Waals surface area contributed by atoms with Gasteiger partial charge in [0.05, 0.1) is 0 Å². The summed E-state index contributed by atoms with van der Waals surface area (Å²) in [5.41, 5.74) is 3.72. The number of hydrogen-bond acceptors (Lipinski definition) is 6. The summed E-state index contributed by atoms with van der Waals surface area (Å²) in [4.78, 5) is 19.7. The summed E-state index contributed by atoms with van der Waals surface area (Å²) in [7, 11) is 4.39.